The average molecular weight is 266 g/mol. The highest BCUT2D eigenvalue weighted by Gasteiger charge is 2.20. The van der Waals surface area contributed by atoms with E-state index >= 15 is 0 Å². The molecule has 1 aromatic rings. The Morgan fingerprint density at radius 1 is 1.20 bits per heavy atom. The van der Waals surface area contributed by atoms with E-state index in [-0.39, 0.29) is 0 Å². The molecule has 1 nitrogen and oxygen atoms in total. The summed E-state index contributed by atoms with van der Waals surface area (Å²) >= 11 is 3.72. The van der Waals surface area contributed by atoms with Crippen LogP contribution in [-0.2, 0) is 12.8 Å². The SMILES string of the molecule is Brc1cc(C2CCCN2)cc2c1CCC2. The molecule has 1 saturated heterocycles. The number of aryl methyl sites for hydroxylation is 1. The van der Waals surface area contributed by atoms with Crippen LogP contribution in [0.2, 0.25) is 0 Å². The van der Waals surface area contributed by atoms with Crippen molar-refractivity contribution in [3.8, 4) is 0 Å². The molecule has 1 unspecified atom stereocenters. The monoisotopic (exact) mass is 265 g/mol. The molecule has 0 aromatic heterocycles. The molecule has 80 valence electrons. The molecule has 0 bridgehead atoms. The number of benzene rings is 1. The topological polar surface area (TPSA) is 12.0 Å². The van der Waals surface area contributed by atoms with Crippen molar-refractivity contribution in [3.05, 3.63) is 33.3 Å². The van der Waals surface area contributed by atoms with Gasteiger partial charge in [0.15, 0.2) is 0 Å². The van der Waals surface area contributed by atoms with Crippen molar-refractivity contribution in [2.45, 2.75) is 38.1 Å². The minimum absolute atomic E-state index is 0.604. The molecule has 0 saturated carbocycles. The van der Waals surface area contributed by atoms with Gasteiger partial charge >= 0.3 is 0 Å². The quantitative estimate of drug-likeness (QED) is 0.821. The normalized spacial score (nSPS) is 24.5. The second kappa shape index (κ2) is 3.91. The summed E-state index contributed by atoms with van der Waals surface area (Å²) in [5.41, 5.74) is 4.62. The van der Waals surface area contributed by atoms with Gasteiger partial charge in [0.2, 0.25) is 0 Å². The van der Waals surface area contributed by atoms with Gasteiger partial charge in [0.25, 0.3) is 0 Å². The molecule has 1 fully saturated rings. The Hall–Kier alpha value is -0.340. The summed E-state index contributed by atoms with van der Waals surface area (Å²) in [6.45, 7) is 1.18. The van der Waals surface area contributed by atoms with Crippen molar-refractivity contribution >= 4 is 15.9 Å². The number of hydrogen-bond acceptors (Lipinski definition) is 1. The van der Waals surface area contributed by atoms with Gasteiger partial charge in [0.1, 0.15) is 0 Å². The molecular weight excluding hydrogens is 250 g/mol. The van der Waals surface area contributed by atoms with Crippen molar-refractivity contribution in [1.29, 1.82) is 0 Å². The lowest BCUT2D eigenvalue weighted by Crippen LogP contribution is -2.13. The largest absolute Gasteiger partial charge is 0.310 e. The van der Waals surface area contributed by atoms with Gasteiger partial charge in [-0.25, -0.2) is 0 Å². The van der Waals surface area contributed by atoms with Crippen LogP contribution in [0, 0.1) is 0 Å². The maximum absolute atomic E-state index is 3.72. The van der Waals surface area contributed by atoms with E-state index in [9.17, 15) is 0 Å². The molecule has 15 heavy (non-hydrogen) atoms. The van der Waals surface area contributed by atoms with Crippen LogP contribution in [0.1, 0.15) is 42.0 Å². The van der Waals surface area contributed by atoms with Crippen LogP contribution in [0.25, 0.3) is 0 Å². The van der Waals surface area contributed by atoms with Gasteiger partial charge in [-0.1, -0.05) is 22.0 Å². The molecule has 3 rings (SSSR count). The van der Waals surface area contributed by atoms with E-state index in [0.717, 1.165) is 0 Å². The smallest absolute Gasteiger partial charge is 0.0321 e. The van der Waals surface area contributed by atoms with Crippen LogP contribution < -0.4 is 5.32 Å². The van der Waals surface area contributed by atoms with E-state index in [1.807, 2.05) is 0 Å². The summed E-state index contributed by atoms with van der Waals surface area (Å²) < 4.78 is 1.33. The standard InChI is InChI=1S/C13H16BrN/c14-12-8-10(13-5-2-6-15-13)7-9-3-1-4-11(9)12/h7-8,13,15H,1-6H2. The number of nitrogens with one attached hydrogen (secondary N) is 1. The molecule has 1 aliphatic carbocycles. The average Bonchev–Trinajstić information content (AvgIpc) is 2.88. The van der Waals surface area contributed by atoms with Gasteiger partial charge in [-0.15, -0.1) is 0 Å². The molecule has 0 radical (unpaired) electrons. The summed E-state index contributed by atoms with van der Waals surface area (Å²) in [7, 11) is 0. The van der Waals surface area contributed by atoms with Crippen molar-refractivity contribution in [2.75, 3.05) is 6.54 Å². The molecular formula is C13H16BrN. The fraction of sp³-hybridized carbons (Fsp3) is 0.538. The second-order valence-electron chi connectivity index (χ2n) is 4.64. The Bertz CT molecular complexity index is 380. The van der Waals surface area contributed by atoms with Gasteiger partial charge in [0.05, 0.1) is 0 Å². The maximum Gasteiger partial charge on any atom is 0.0321 e. The highest BCUT2D eigenvalue weighted by atomic mass is 79.9. The van der Waals surface area contributed by atoms with Gasteiger partial charge in [-0.2, -0.15) is 0 Å². The molecule has 1 heterocycles. The van der Waals surface area contributed by atoms with E-state index in [2.05, 4.69) is 33.4 Å². The van der Waals surface area contributed by atoms with Crippen LogP contribution in [0.3, 0.4) is 0 Å². The summed E-state index contributed by atoms with van der Waals surface area (Å²) in [4.78, 5) is 0. The Morgan fingerprint density at radius 2 is 2.13 bits per heavy atom. The zero-order valence-corrected chi connectivity index (χ0v) is 10.4. The van der Waals surface area contributed by atoms with Gasteiger partial charge in [0, 0.05) is 10.5 Å². The summed E-state index contributed by atoms with van der Waals surface area (Å²) in [5.74, 6) is 0. The molecule has 2 aliphatic rings. The third-order valence-corrected chi connectivity index (χ3v) is 4.35. The zero-order valence-electron chi connectivity index (χ0n) is 8.85. The third-order valence-electron chi connectivity index (χ3n) is 3.65. The van der Waals surface area contributed by atoms with E-state index in [0.29, 0.717) is 6.04 Å². The Kier molecular flexibility index (Phi) is 2.57. The number of rotatable bonds is 1. The molecule has 1 atom stereocenters. The minimum Gasteiger partial charge on any atom is -0.310 e. The van der Waals surface area contributed by atoms with Gasteiger partial charge in [-0.3, -0.25) is 0 Å². The van der Waals surface area contributed by atoms with Gasteiger partial charge in [-0.05, 0) is 61.4 Å². The lowest BCUT2D eigenvalue weighted by Gasteiger charge is -2.13. The first-order valence-corrected chi connectivity index (χ1v) is 6.68. The first-order valence-electron chi connectivity index (χ1n) is 5.89. The number of fused-ring (bicyclic) bond motifs is 1. The molecule has 1 aromatic carbocycles. The van der Waals surface area contributed by atoms with E-state index in [1.165, 1.54) is 48.7 Å². The predicted molar refractivity (Wildman–Crippen MR) is 66.1 cm³/mol. The van der Waals surface area contributed by atoms with E-state index < -0.39 is 0 Å². The van der Waals surface area contributed by atoms with Crippen molar-refractivity contribution < 1.29 is 0 Å². The van der Waals surface area contributed by atoms with Crippen LogP contribution >= 0.6 is 15.9 Å². The first kappa shape index (κ1) is 9.86. The predicted octanol–water partition coefficient (Wildman–Crippen LogP) is 3.36. The van der Waals surface area contributed by atoms with Gasteiger partial charge < -0.3 is 5.32 Å². The Morgan fingerprint density at radius 3 is 2.93 bits per heavy atom. The molecule has 2 heteroatoms. The third kappa shape index (κ3) is 1.74. The highest BCUT2D eigenvalue weighted by molar-refractivity contribution is 9.10. The molecule has 1 N–H and O–H groups in total. The molecule has 1 aliphatic heterocycles. The lowest BCUT2D eigenvalue weighted by molar-refractivity contribution is 0.646. The fourth-order valence-corrected chi connectivity index (χ4v) is 3.56. The minimum atomic E-state index is 0.604. The number of halogens is 1. The number of hydrogen-bond donors (Lipinski definition) is 1. The Balaban J connectivity index is 1.99. The second-order valence-corrected chi connectivity index (χ2v) is 5.50. The van der Waals surface area contributed by atoms with E-state index in [4.69, 9.17) is 0 Å². The van der Waals surface area contributed by atoms with Crippen LogP contribution in [0.4, 0.5) is 0 Å². The molecule has 0 spiro atoms. The van der Waals surface area contributed by atoms with E-state index in [1.54, 1.807) is 11.1 Å². The highest BCUT2D eigenvalue weighted by Crippen LogP contribution is 2.34. The first-order chi connectivity index (χ1) is 7.34. The van der Waals surface area contributed by atoms with Crippen molar-refractivity contribution in [2.24, 2.45) is 0 Å². The van der Waals surface area contributed by atoms with Crippen molar-refractivity contribution in [3.63, 3.8) is 0 Å². The van der Waals surface area contributed by atoms with Crippen LogP contribution in [-0.4, -0.2) is 6.54 Å². The molecule has 0 amide bonds. The van der Waals surface area contributed by atoms with Crippen LogP contribution in [0.5, 0.6) is 0 Å². The summed E-state index contributed by atoms with van der Waals surface area (Å²) in [6, 6.07) is 5.36. The summed E-state index contributed by atoms with van der Waals surface area (Å²) in [6.07, 6.45) is 6.48. The maximum atomic E-state index is 3.72. The van der Waals surface area contributed by atoms with Crippen LogP contribution in [0.15, 0.2) is 16.6 Å². The zero-order chi connectivity index (χ0) is 10.3. The lowest BCUT2D eigenvalue weighted by atomic mass is 10.0. The van der Waals surface area contributed by atoms with Crippen molar-refractivity contribution in [1.82, 2.24) is 5.32 Å². The fourth-order valence-electron chi connectivity index (χ4n) is 2.85. The summed E-state index contributed by atoms with van der Waals surface area (Å²) in [5, 5.41) is 3.57. The Labute approximate surface area is 99.4 Å².